The summed E-state index contributed by atoms with van der Waals surface area (Å²) in [5.74, 6) is 0. The molecule has 20 heavy (non-hydrogen) atoms. The number of aryl methyl sites for hydroxylation is 1. The van der Waals surface area contributed by atoms with Gasteiger partial charge in [0, 0.05) is 31.9 Å². The van der Waals surface area contributed by atoms with Gasteiger partial charge < -0.3 is 19.8 Å². The van der Waals surface area contributed by atoms with Crippen LogP contribution in [0.5, 0.6) is 0 Å². The van der Waals surface area contributed by atoms with Gasteiger partial charge in [-0.25, -0.2) is 0 Å². The van der Waals surface area contributed by atoms with Crippen molar-refractivity contribution in [2.75, 3.05) is 0 Å². The summed E-state index contributed by atoms with van der Waals surface area (Å²) in [5.41, 5.74) is 0. The SMILES string of the molecule is CCCCCCCCn1cccn1.O=C[O-].O=C[O-].[Cu+2]. The fourth-order valence-electron chi connectivity index (χ4n) is 1.49. The fraction of sp³-hybridized carbons (Fsp3) is 0.615. The van der Waals surface area contributed by atoms with Crippen LogP contribution in [0.25, 0.3) is 0 Å². The second-order valence-corrected chi connectivity index (χ2v) is 3.73. The van der Waals surface area contributed by atoms with E-state index in [0.29, 0.717) is 0 Å². The molecule has 0 unspecified atom stereocenters. The zero-order valence-electron chi connectivity index (χ0n) is 11.7. The number of carbonyl (C=O) groups excluding carboxylic acids is 2. The molecule has 0 bridgehead atoms. The second kappa shape index (κ2) is 22.8. The van der Waals surface area contributed by atoms with Gasteiger partial charge in [0.1, 0.15) is 0 Å². The zero-order valence-corrected chi connectivity index (χ0v) is 12.6. The molecule has 0 aliphatic carbocycles. The van der Waals surface area contributed by atoms with Crippen molar-refractivity contribution < 1.29 is 36.9 Å². The summed E-state index contributed by atoms with van der Waals surface area (Å²) in [6, 6.07) is 1.98. The molecule has 0 aliphatic heterocycles. The first-order valence-corrected chi connectivity index (χ1v) is 6.35. The number of aromatic nitrogens is 2. The van der Waals surface area contributed by atoms with E-state index in [9.17, 15) is 0 Å². The van der Waals surface area contributed by atoms with E-state index in [2.05, 4.69) is 12.0 Å². The van der Waals surface area contributed by atoms with E-state index in [4.69, 9.17) is 19.8 Å². The Morgan fingerprint density at radius 3 is 2.00 bits per heavy atom. The van der Waals surface area contributed by atoms with Gasteiger partial charge in [-0.1, -0.05) is 39.0 Å². The predicted octanol–water partition coefficient (Wildman–Crippen LogP) is -0.0267. The maximum atomic E-state index is 8.25. The number of hydrogen-bond donors (Lipinski definition) is 0. The van der Waals surface area contributed by atoms with Crippen LogP contribution in [-0.2, 0) is 33.2 Å². The topological polar surface area (TPSA) is 98.1 Å². The molecule has 0 fully saturated rings. The van der Waals surface area contributed by atoms with Crippen LogP contribution in [0.2, 0.25) is 0 Å². The van der Waals surface area contributed by atoms with Crippen molar-refractivity contribution in [2.24, 2.45) is 0 Å². The molecule has 1 aromatic rings. The third kappa shape index (κ3) is 21.9. The number of nitrogens with zero attached hydrogens (tertiary/aromatic N) is 2. The minimum absolute atomic E-state index is 0. The molecule has 0 saturated heterocycles. The van der Waals surface area contributed by atoms with Gasteiger partial charge >= 0.3 is 17.1 Å². The Hall–Kier alpha value is -1.33. The Bertz CT molecular complexity index is 276. The van der Waals surface area contributed by atoms with Gasteiger partial charge in [0.15, 0.2) is 0 Å². The summed E-state index contributed by atoms with van der Waals surface area (Å²) in [6.07, 6.45) is 12.0. The summed E-state index contributed by atoms with van der Waals surface area (Å²) < 4.78 is 2.01. The van der Waals surface area contributed by atoms with Gasteiger partial charge in [-0.2, -0.15) is 5.10 Å². The first kappa shape index (κ1) is 23.7. The Balaban J connectivity index is -0.000000356. The molecule has 0 aliphatic rings. The molecule has 1 radical (unpaired) electrons. The molecule has 0 spiro atoms. The standard InChI is InChI=1S/C11H20N2.2CH2O2.Cu/c1-2-3-4-5-6-7-10-13-11-8-9-12-13;2*2-1-3;/h8-9,11H,2-7,10H2,1H3;2*1H,(H,2,3);/q;;;+2/p-2. The fourth-order valence-corrected chi connectivity index (χ4v) is 1.49. The van der Waals surface area contributed by atoms with Gasteiger partial charge in [-0.05, 0) is 12.5 Å². The molecule has 1 aromatic heterocycles. The summed E-state index contributed by atoms with van der Waals surface area (Å²) in [5, 5.41) is 20.7. The van der Waals surface area contributed by atoms with E-state index in [1.165, 1.54) is 38.5 Å². The minimum Gasteiger partial charge on any atom is -0.554 e. The molecule has 0 N–H and O–H groups in total. The summed E-state index contributed by atoms with van der Waals surface area (Å²) in [6.45, 7) is 2.34. The van der Waals surface area contributed by atoms with Crippen LogP contribution in [0.3, 0.4) is 0 Å². The predicted molar refractivity (Wildman–Crippen MR) is 67.7 cm³/mol. The van der Waals surface area contributed by atoms with E-state index in [-0.39, 0.29) is 17.1 Å². The average Bonchev–Trinajstić information content (AvgIpc) is 2.89. The van der Waals surface area contributed by atoms with Crippen LogP contribution in [-0.4, -0.2) is 22.7 Å². The Kier molecular flexibility index (Phi) is 27.1. The minimum atomic E-state index is -0.500. The van der Waals surface area contributed by atoms with Gasteiger partial charge in [0.2, 0.25) is 0 Å². The molecule has 1 heterocycles. The van der Waals surface area contributed by atoms with Crippen LogP contribution in [0.4, 0.5) is 0 Å². The van der Waals surface area contributed by atoms with Crippen LogP contribution < -0.4 is 10.2 Å². The van der Waals surface area contributed by atoms with E-state index >= 15 is 0 Å². The smallest absolute Gasteiger partial charge is 0.554 e. The van der Waals surface area contributed by atoms with Crippen molar-refractivity contribution in [3.63, 3.8) is 0 Å². The van der Waals surface area contributed by atoms with Crippen molar-refractivity contribution in [1.29, 1.82) is 0 Å². The summed E-state index contributed by atoms with van der Waals surface area (Å²) in [4.78, 5) is 16.5. The number of carboxylic acid groups (broad SMARTS) is 2. The van der Waals surface area contributed by atoms with Gasteiger partial charge in [0.25, 0.3) is 0 Å². The normalized spacial score (nSPS) is 8.05. The molecule has 0 atom stereocenters. The Morgan fingerprint density at radius 2 is 1.55 bits per heavy atom. The molecular weight excluding hydrogens is 312 g/mol. The monoisotopic (exact) mass is 333 g/mol. The largest absolute Gasteiger partial charge is 2.00 e. The van der Waals surface area contributed by atoms with Gasteiger partial charge in [0.05, 0.1) is 0 Å². The van der Waals surface area contributed by atoms with Gasteiger partial charge in [-0.3, -0.25) is 4.68 Å². The average molecular weight is 334 g/mol. The van der Waals surface area contributed by atoms with E-state index < -0.39 is 12.9 Å². The third-order valence-corrected chi connectivity index (χ3v) is 2.30. The molecule has 6 nitrogen and oxygen atoms in total. The maximum Gasteiger partial charge on any atom is 2.00 e. The van der Waals surface area contributed by atoms with Crippen LogP contribution in [0.15, 0.2) is 18.5 Å². The van der Waals surface area contributed by atoms with Crippen molar-refractivity contribution in [1.82, 2.24) is 9.78 Å². The number of unbranched alkanes of at least 4 members (excludes halogenated alkanes) is 5. The first-order valence-electron chi connectivity index (χ1n) is 6.35. The van der Waals surface area contributed by atoms with Crippen LogP contribution >= 0.6 is 0 Å². The summed E-state index contributed by atoms with van der Waals surface area (Å²) in [7, 11) is 0. The quantitative estimate of drug-likeness (QED) is 0.396. The molecule has 0 amide bonds. The Labute approximate surface area is 130 Å². The van der Waals surface area contributed by atoms with Crippen molar-refractivity contribution in [3.05, 3.63) is 18.5 Å². The molecule has 1 rings (SSSR count). The maximum absolute atomic E-state index is 8.25. The second-order valence-electron chi connectivity index (χ2n) is 3.73. The van der Waals surface area contributed by atoms with Crippen LogP contribution in [0.1, 0.15) is 45.4 Å². The van der Waals surface area contributed by atoms with Crippen molar-refractivity contribution >= 4 is 12.9 Å². The molecular formula is C13H22CuN2O4. The van der Waals surface area contributed by atoms with E-state index in [1.807, 2.05) is 23.1 Å². The number of carbonyl (C=O) groups is 2. The number of rotatable bonds is 7. The van der Waals surface area contributed by atoms with E-state index in [1.54, 1.807) is 0 Å². The van der Waals surface area contributed by atoms with Crippen molar-refractivity contribution in [2.45, 2.75) is 52.0 Å². The molecule has 7 heteroatoms. The van der Waals surface area contributed by atoms with E-state index in [0.717, 1.165) is 6.54 Å². The Morgan fingerprint density at radius 1 is 1.05 bits per heavy atom. The molecule has 0 saturated carbocycles. The molecule has 119 valence electrons. The van der Waals surface area contributed by atoms with Crippen LogP contribution in [0, 0.1) is 0 Å². The zero-order chi connectivity index (χ0) is 14.8. The molecule has 0 aromatic carbocycles. The third-order valence-electron chi connectivity index (χ3n) is 2.30. The number of hydrogen-bond acceptors (Lipinski definition) is 5. The summed E-state index contributed by atoms with van der Waals surface area (Å²) >= 11 is 0. The van der Waals surface area contributed by atoms with Gasteiger partial charge in [-0.15, -0.1) is 0 Å². The first-order chi connectivity index (χ1) is 9.26. The van der Waals surface area contributed by atoms with Crippen molar-refractivity contribution in [3.8, 4) is 0 Å².